The maximum absolute atomic E-state index is 9.99. The average molecular weight is 275 g/mol. The summed E-state index contributed by atoms with van der Waals surface area (Å²) in [5.74, 6) is 1.19. The van der Waals surface area contributed by atoms with E-state index in [-0.39, 0.29) is 0 Å². The van der Waals surface area contributed by atoms with E-state index < -0.39 is 0 Å². The van der Waals surface area contributed by atoms with E-state index in [2.05, 4.69) is 15.2 Å². The predicted octanol–water partition coefficient (Wildman–Crippen LogP) is 2.06. The van der Waals surface area contributed by atoms with Crippen LogP contribution in [0.1, 0.15) is 37.1 Å². The summed E-state index contributed by atoms with van der Waals surface area (Å²) >= 11 is 0. The molecule has 110 valence electrons. The SMILES string of the molecule is Cc1ccc(O)c(CN(CC2CC2)CC2CCCN2)n1. The highest BCUT2D eigenvalue weighted by Crippen LogP contribution is 2.31. The van der Waals surface area contributed by atoms with Crippen molar-refractivity contribution in [2.75, 3.05) is 19.6 Å². The van der Waals surface area contributed by atoms with Crippen LogP contribution < -0.4 is 5.32 Å². The third-order valence-electron chi connectivity index (χ3n) is 4.32. The van der Waals surface area contributed by atoms with Gasteiger partial charge in [-0.15, -0.1) is 0 Å². The molecule has 2 heterocycles. The van der Waals surface area contributed by atoms with Crippen LogP contribution in [0.4, 0.5) is 0 Å². The Bertz CT molecular complexity index is 453. The smallest absolute Gasteiger partial charge is 0.138 e. The molecule has 20 heavy (non-hydrogen) atoms. The van der Waals surface area contributed by atoms with E-state index in [9.17, 15) is 5.11 Å². The normalized spacial score (nSPS) is 22.6. The first-order chi connectivity index (χ1) is 9.70. The number of hydrogen-bond donors (Lipinski definition) is 2. The summed E-state index contributed by atoms with van der Waals surface area (Å²) in [5, 5.41) is 13.6. The first-order valence-electron chi connectivity index (χ1n) is 7.82. The Morgan fingerprint density at radius 3 is 2.85 bits per heavy atom. The fourth-order valence-electron chi connectivity index (χ4n) is 3.02. The second-order valence-electron chi connectivity index (χ2n) is 6.35. The van der Waals surface area contributed by atoms with Crippen LogP contribution in [0, 0.1) is 12.8 Å². The lowest BCUT2D eigenvalue weighted by Crippen LogP contribution is -2.38. The molecule has 1 aliphatic heterocycles. The van der Waals surface area contributed by atoms with Gasteiger partial charge in [-0.3, -0.25) is 9.88 Å². The number of rotatable bonds is 6. The molecule has 1 saturated heterocycles. The second-order valence-corrected chi connectivity index (χ2v) is 6.35. The Hall–Kier alpha value is -1.13. The van der Waals surface area contributed by atoms with Crippen LogP contribution in [0.5, 0.6) is 5.75 Å². The van der Waals surface area contributed by atoms with Crippen LogP contribution in [0.25, 0.3) is 0 Å². The number of nitrogens with zero attached hydrogens (tertiary/aromatic N) is 2. The minimum atomic E-state index is 0.329. The van der Waals surface area contributed by atoms with Crippen LogP contribution >= 0.6 is 0 Å². The van der Waals surface area contributed by atoms with Gasteiger partial charge in [-0.05, 0) is 57.2 Å². The molecule has 1 saturated carbocycles. The molecule has 1 atom stereocenters. The topological polar surface area (TPSA) is 48.4 Å². The van der Waals surface area contributed by atoms with Crippen molar-refractivity contribution < 1.29 is 5.11 Å². The molecule has 4 heteroatoms. The van der Waals surface area contributed by atoms with Gasteiger partial charge in [-0.25, -0.2) is 0 Å². The second kappa shape index (κ2) is 6.10. The van der Waals surface area contributed by atoms with Crippen molar-refractivity contribution in [3.63, 3.8) is 0 Å². The van der Waals surface area contributed by atoms with Gasteiger partial charge < -0.3 is 10.4 Å². The molecule has 1 unspecified atom stereocenters. The van der Waals surface area contributed by atoms with Crippen molar-refractivity contribution in [3.05, 3.63) is 23.5 Å². The minimum absolute atomic E-state index is 0.329. The van der Waals surface area contributed by atoms with E-state index in [1.54, 1.807) is 6.07 Å². The lowest BCUT2D eigenvalue weighted by atomic mass is 10.2. The number of aromatic hydroxyl groups is 1. The number of aromatic nitrogens is 1. The zero-order valence-electron chi connectivity index (χ0n) is 12.3. The quantitative estimate of drug-likeness (QED) is 0.834. The molecule has 0 aromatic carbocycles. The van der Waals surface area contributed by atoms with Gasteiger partial charge >= 0.3 is 0 Å². The lowest BCUT2D eigenvalue weighted by molar-refractivity contribution is 0.226. The van der Waals surface area contributed by atoms with E-state index in [0.29, 0.717) is 11.8 Å². The lowest BCUT2D eigenvalue weighted by Gasteiger charge is -2.25. The van der Waals surface area contributed by atoms with Crippen LogP contribution in [0.15, 0.2) is 12.1 Å². The molecule has 1 aromatic rings. The van der Waals surface area contributed by atoms with Crippen LogP contribution in [-0.2, 0) is 6.54 Å². The van der Waals surface area contributed by atoms with Crippen LogP contribution in [-0.4, -0.2) is 40.7 Å². The summed E-state index contributed by atoms with van der Waals surface area (Å²) in [6.07, 6.45) is 5.29. The summed E-state index contributed by atoms with van der Waals surface area (Å²) in [6, 6.07) is 4.24. The monoisotopic (exact) mass is 275 g/mol. The molecule has 2 N–H and O–H groups in total. The highest BCUT2D eigenvalue weighted by atomic mass is 16.3. The van der Waals surface area contributed by atoms with Gasteiger partial charge in [0.2, 0.25) is 0 Å². The Morgan fingerprint density at radius 1 is 1.30 bits per heavy atom. The molecule has 0 radical (unpaired) electrons. The molecule has 2 aliphatic rings. The first-order valence-corrected chi connectivity index (χ1v) is 7.82. The Morgan fingerprint density at radius 2 is 2.15 bits per heavy atom. The van der Waals surface area contributed by atoms with Crippen LogP contribution in [0.2, 0.25) is 0 Å². The van der Waals surface area contributed by atoms with Gasteiger partial charge in [-0.1, -0.05) is 0 Å². The number of hydrogen-bond acceptors (Lipinski definition) is 4. The highest BCUT2D eigenvalue weighted by molar-refractivity contribution is 5.27. The molecule has 0 bridgehead atoms. The average Bonchev–Trinajstić information content (AvgIpc) is 3.08. The summed E-state index contributed by atoms with van der Waals surface area (Å²) in [4.78, 5) is 6.98. The largest absolute Gasteiger partial charge is 0.506 e. The maximum atomic E-state index is 9.99. The van der Waals surface area contributed by atoms with Gasteiger partial charge in [0, 0.05) is 31.4 Å². The zero-order valence-corrected chi connectivity index (χ0v) is 12.3. The van der Waals surface area contributed by atoms with Crippen molar-refractivity contribution in [3.8, 4) is 5.75 Å². The third-order valence-corrected chi connectivity index (χ3v) is 4.32. The Balaban J connectivity index is 1.65. The van der Waals surface area contributed by atoms with E-state index in [0.717, 1.165) is 43.5 Å². The Kier molecular flexibility index (Phi) is 4.22. The summed E-state index contributed by atoms with van der Waals surface area (Å²) < 4.78 is 0. The van der Waals surface area contributed by atoms with E-state index in [1.165, 1.54) is 25.7 Å². The standard InChI is InChI=1S/C16H25N3O/c1-12-4-7-16(20)15(18-12)11-19(9-13-5-6-13)10-14-3-2-8-17-14/h4,7,13-14,17,20H,2-3,5-6,8-11H2,1H3. The fourth-order valence-corrected chi connectivity index (χ4v) is 3.02. The van der Waals surface area contributed by atoms with Crippen molar-refractivity contribution in [2.45, 2.75) is 45.2 Å². The van der Waals surface area contributed by atoms with Gasteiger partial charge in [0.1, 0.15) is 5.75 Å². The maximum Gasteiger partial charge on any atom is 0.138 e. The first kappa shape index (κ1) is 13.8. The van der Waals surface area contributed by atoms with Crippen molar-refractivity contribution in [1.82, 2.24) is 15.2 Å². The molecule has 4 nitrogen and oxygen atoms in total. The fraction of sp³-hybridized carbons (Fsp3) is 0.688. The summed E-state index contributed by atoms with van der Waals surface area (Å²) in [5.41, 5.74) is 1.80. The molecule has 1 aromatic heterocycles. The van der Waals surface area contributed by atoms with Gasteiger partial charge in [0.05, 0.1) is 5.69 Å². The van der Waals surface area contributed by atoms with Gasteiger partial charge in [0.25, 0.3) is 0 Å². The summed E-state index contributed by atoms with van der Waals surface area (Å²) in [6.45, 7) is 6.11. The number of pyridine rings is 1. The van der Waals surface area contributed by atoms with Gasteiger partial charge in [0.15, 0.2) is 0 Å². The zero-order chi connectivity index (χ0) is 13.9. The van der Waals surface area contributed by atoms with E-state index in [4.69, 9.17) is 0 Å². The molecule has 0 spiro atoms. The molecule has 1 aliphatic carbocycles. The van der Waals surface area contributed by atoms with Crippen LogP contribution in [0.3, 0.4) is 0 Å². The molecule has 3 rings (SSSR count). The highest BCUT2D eigenvalue weighted by Gasteiger charge is 2.27. The summed E-state index contributed by atoms with van der Waals surface area (Å²) in [7, 11) is 0. The van der Waals surface area contributed by atoms with E-state index in [1.807, 2.05) is 13.0 Å². The molecule has 2 fully saturated rings. The molecular formula is C16H25N3O. The van der Waals surface area contributed by atoms with Crippen molar-refractivity contribution in [2.24, 2.45) is 5.92 Å². The van der Waals surface area contributed by atoms with Gasteiger partial charge in [-0.2, -0.15) is 0 Å². The predicted molar refractivity (Wildman–Crippen MR) is 79.7 cm³/mol. The third kappa shape index (κ3) is 3.70. The minimum Gasteiger partial charge on any atom is -0.506 e. The van der Waals surface area contributed by atoms with Crippen molar-refractivity contribution in [1.29, 1.82) is 0 Å². The van der Waals surface area contributed by atoms with Crippen molar-refractivity contribution >= 4 is 0 Å². The number of aryl methyl sites for hydroxylation is 1. The van der Waals surface area contributed by atoms with E-state index >= 15 is 0 Å². The number of nitrogens with one attached hydrogen (secondary N) is 1. The molecule has 0 amide bonds. The Labute approximate surface area is 121 Å². The molecular weight excluding hydrogens is 250 g/mol.